The van der Waals surface area contributed by atoms with E-state index in [4.69, 9.17) is 11.6 Å². The molecular formula is C21H19ClN6O2S2. The molecule has 32 heavy (non-hydrogen) atoms. The van der Waals surface area contributed by atoms with E-state index in [-0.39, 0.29) is 11.6 Å². The molecule has 0 atom stereocenters. The maximum atomic E-state index is 12.6. The Morgan fingerprint density at radius 2 is 1.94 bits per heavy atom. The van der Waals surface area contributed by atoms with Crippen molar-refractivity contribution < 1.29 is 4.79 Å². The lowest BCUT2D eigenvalue weighted by Gasteiger charge is -2.34. The first kappa shape index (κ1) is 21.1. The molecule has 2 amide bonds. The van der Waals surface area contributed by atoms with Crippen LogP contribution < -0.4 is 10.9 Å². The molecule has 1 aromatic carbocycles. The summed E-state index contributed by atoms with van der Waals surface area (Å²) < 4.78 is 1.36. The predicted octanol–water partition coefficient (Wildman–Crippen LogP) is 3.88. The Morgan fingerprint density at radius 1 is 1.12 bits per heavy atom. The second-order valence-corrected chi connectivity index (χ2v) is 9.65. The number of para-hydroxylation sites is 1. The number of urea groups is 1. The number of nitrogens with one attached hydrogen (secondary N) is 1. The second kappa shape index (κ2) is 8.99. The van der Waals surface area contributed by atoms with Gasteiger partial charge in [0.25, 0.3) is 5.56 Å². The van der Waals surface area contributed by atoms with Crippen molar-refractivity contribution in [3.63, 3.8) is 0 Å². The number of carbonyl (C=O) groups excluding carboxylic acids is 1. The molecule has 4 heterocycles. The van der Waals surface area contributed by atoms with Gasteiger partial charge in [-0.05, 0) is 23.6 Å². The monoisotopic (exact) mass is 486 g/mol. The van der Waals surface area contributed by atoms with Gasteiger partial charge in [0.15, 0.2) is 5.01 Å². The lowest BCUT2D eigenvalue weighted by atomic mass is 10.3. The number of benzene rings is 1. The van der Waals surface area contributed by atoms with Gasteiger partial charge in [0.2, 0.25) is 4.96 Å². The summed E-state index contributed by atoms with van der Waals surface area (Å²) in [6.45, 7) is 3.11. The van der Waals surface area contributed by atoms with E-state index >= 15 is 0 Å². The molecule has 1 fully saturated rings. The van der Waals surface area contributed by atoms with Crippen molar-refractivity contribution in [1.82, 2.24) is 24.4 Å². The first-order chi connectivity index (χ1) is 15.6. The van der Waals surface area contributed by atoms with Gasteiger partial charge in [-0.1, -0.05) is 41.1 Å². The Kier molecular flexibility index (Phi) is 5.92. The molecular weight excluding hydrogens is 468 g/mol. The van der Waals surface area contributed by atoms with E-state index in [1.165, 1.54) is 15.9 Å². The minimum atomic E-state index is -0.179. The molecule has 1 aliphatic heterocycles. The summed E-state index contributed by atoms with van der Waals surface area (Å²) in [6, 6.07) is 12.5. The summed E-state index contributed by atoms with van der Waals surface area (Å²) in [5.74, 6) is 0. The number of anilines is 1. The number of fused-ring (bicyclic) bond motifs is 1. The van der Waals surface area contributed by atoms with E-state index in [2.05, 4.69) is 20.3 Å². The summed E-state index contributed by atoms with van der Waals surface area (Å²) in [6.07, 6.45) is 0. The molecule has 1 saturated heterocycles. The van der Waals surface area contributed by atoms with Crippen molar-refractivity contribution in [2.75, 3.05) is 31.5 Å². The normalized spacial score (nSPS) is 14.7. The van der Waals surface area contributed by atoms with Crippen molar-refractivity contribution in [2.45, 2.75) is 6.54 Å². The fraction of sp³-hybridized carbons (Fsp3) is 0.238. The number of rotatable bonds is 4. The van der Waals surface area contributed by atoms with Crippen molar-refractivity contribution in [3.05, 3.63) is 68.9 Å². The highest BCUT2D eigenvalue weighted by atomic mass is 35.5. The quantitative estimate of drug-likeness (QED) is 0.473. The molecule has 5 rings (SSSR count). The molecule has 0 aliphatic carbocycles. The number of hydrogen-bond acceptors (Lipinski definition) is 7. The lowest BCUT2D eigenvalue weighted by Crippen LogP contribution is -2.49. The number of nitrogens with zero attached hydrogens (tertiary/aromatic N) is 5. The number of halogens is 1. The number of thiophene rings is 1. The standard InChI is InChI=1S/C21H19ClN6O2S2/c22-15-4-1-2-5-16(15)24-20(30)27-9-7-26(8-10-27)13-14-12-18(29)28-21(23-14)32-19(25-28)17-6-3-11-31-17/h1-6,11-12H,7-10,13H2,(H,24,30). The smallest absolute Gasteiger partial charge is 0.321 e. The zero-order valence-electron chi connectivity index (χ0n) is 16.9. The third-order valence-corrected chi connectivity index (χ3v) is 7.47. The fourth-order valence-electron chi connectivity index (χ4n) is 3.53. The summed E-state index contributed by atoms with van der Waals surface area (Å²) in [5, 5.41) is 10.6. The molecule has 3 aromatic heterocycles. The van der Waals surface area contributed by atoms with Crippen LogP contribution in [-0.4, -0.2) is 56.6 Å². The minimum Gasteiger partial charge on any atom is -0.322 e. The van der Waals surface area contributed by atoms with Gasteiger partial charge >= 0.3 is 6.03 Å². The molecule has 0 spiro atoms. The van der Waals surface area contributed by atoms with Crippen molar-refractivity contribution >= 4 is 51.0 Å². The van der Waals surface area contributed by atoms with Gasteiger partial charge in [-0.25, -0.2) is 9.78 Å². The molecule has 0 saturated carbocycles. The van der Waals surface area contributed by atoms with Gasteiger partial charge < -0.3 is 10.2 Å². The first-order valence-electron chi connectivity index (χ1n) is 10.0. The maximum absolute atomic E-state index is 12.6. The molecule has 1 aliphatic rings. The molecule has 4 aromatic rings. The highest BCUT2D eigenvalue weighted by Crippen LogP contribution is 2.28. The number of carbonyl (C=O) groups is 1. The summed E-state index contributed by atoms with van der Waals surface area (Å²) in [4.78, 5) is 35.3. The predicted molar refractivity (Wildman–Crippen MR) is 128 cm³/mol. The molecule has 164 valence electrons. The summed E-state index contributed by atoms with van der Waals surface area (Å²) >= 11 is 9.12. The van der Waals surface area contributed by atoms with Crippen LogP contribution in [0.1, 0.15) is 5.69 Å². The SMILES string of the molecule is O=C(Nc1ccccc1Cl)N1CCN(Cc2cc(=O)n3nc(-c4cccs4)sc3n2)CC1. The average molecular weight is 487 g/mol. The Labute approximate surface area is 196 Å². The van der Waals surface area contributed by atoms with E-state index in [9.17, 15) is 9.59 Å². The van der Waals surface area contributed by atoms with Crippen molar-refractivity contribution in [3.8, 4) is 9.88 Å². The third kappa shape index (κ3) is 4.40. The van der Waals surface area contributed by atoms with Gasteiger partial charge in [0.05, 0.1) is 21.3 Å². The minimum absolute atomic E-state index is 0.165. The van der Waals surface area contributed by atoms with E-state index in [0.29, 0.717) is 54.1 Å². The molecule has 0 radical (unpaired) electrons. The zero-order valence-corrected chi connectivity index (χ0v) is 19.3. The lowest BCUT2D eigenvalue weighted by molar-refractivity contribution is 0.142. The van der Waals surface area contributed by atoms with Gasteiger partial charge in [-0.2, -0.15) is 9.61 Å². The Balaban J connectivity index is 1.22. The molecule has 8 nitrogen and oxygen atoms in total. The van der Waals surface area contributed by atoms with Crippen LogP contribution in [0, 0.1) is 0 Å². The maximum Gasteiger partial charge on any atom is 0.321 e. The van der Waals surface area contributed by atoms with E-state index in [0.717, 1.165) is 9.88 Å². The summed E-state index contributed by atoms with van der Waals surface area (Å²) in [7, 11) is 0. The average Bonchev–Trinajstić information content (AvgIpc) is 3.46. The highest BCUT2D eigenvalue weighted by molar-refractivity contribution is 7.23. The molecule has 11 heteroatoms. The van der Waals surface area contributed by atoms with E-state index in [1.807, 2.05) is 29.6 Å². The van der Waals surface area contributed by atoms with Gasteiger partial charge in [0.1, 0.15) is 0 Å². The first-order valence-corrected chi connectivity index (χ1v) is 12.1. The van der Waals surface area contributed by atoms with E-state index in [1.54, 1.807) is 34.4 Å². The van der Waals surface area contributed by atoms with Gasteiger partial charge in [-0.3, -0.25) is 9.69 Å². The van der Waals surface area contributed by atoms with Crippen LogP contribution in [0.5, 0.6) is 0 Å². The molecule has 0 bridgehead atoms. The zero-order chi connectivity index (χ0) is 22.1. The third-order valence-electron chi connectivity index (χ3n) is 5.19. The van der Waals surface area contributed by atoms with E-state index < -0.39 is 0 Å². The Hall–Kier alpha value is -2.79. The fourth-order valence-corrected chi connectivity index (χ4v) is 5.43. The van der Waals surface area contributed by atoms with Gasteiger partial charge in [0, 0.05) is 38.8 Å². The largest absolute Gasteiger partial charge is 0.322 e. The number of amides is 2. The van der Waals surface area contributed by atoms with Crippen LogP contribution in [-0.2, 0) is 6.54 Å². The van der Waals surface area contributed by atoms with Crippen LogP contribution in [0.3, 0.4) is 0 Å². The number of hydrogen-bond donors (Lipinski definition) is 1. The van der Waals surface area contributed by atoms with Crippen LogP contribution in [0.25, 0.3) is 14.8 Å². The second-order valence-electron chi connectivity index (χ2n) is 7.34. The van der Waals surface area contributed by atoms with Crippen LogP contribution in [0.4, 0.5) is 10.5 Å². The number of piperazine rings is 1. The molecule has 1 N–H and O–H groups in total. The summed E-state index contributed by atoms with van der Waals surface area (Å²) in [5.41, 5.74) is 1.14. The molecule has 0 unspecified atom stereocenters. The van der Waals surface area contributed by atoms with Crippen LogP contribution >= 0.6 is 34.3 Å². The highest BCUT2D eigenvalue weighted by Gasteiger charge is 2.22. The van der Waals surface area contributed by atoms with Crippen molar-refractivity contribution in [1.29, 1.82) is 0 Å². The Morgan fingerprint density at radius 3 is 2.69 bits per heavy atom. The Bertz CT molecular complexity index is 1310. The number of aromatic nitrogens is 3. The van der Waals surface area contributed by atoms with Crippen molar-refractivity contribution in [2.24, 2.45) is 0 Å². The van der Waals surface area contributed by atoms with Gasteiger partial charge in [-0.15, -0.1) is 11.3 Å². The topological polar surface area (TPSA) is 82.8 Å². The van der Waals surface area contributed by atoms with Crippen LogP contribution in [0.15, 0.2) is 52.6 Å². The van der Waals surface area contributed by atoms with Crippen LogP contribution in [0.2, 0.25) is 5.02 Å².